The highest BCUT2D eigenvalue weighted by Gasteiger charge is 2.22. The number of carbonyl (C=O) groups excluding carboxylic acids is 1. The molecular weight excluding hydrogens is 338 g/mol. The third-order valence-electron chi connectivity index (χ3n) is 3.98. The van der Waals surface area contributed by atoms with E-state index in [0.717, 1.165) is 0 Å². The molecule has 2 aromatic carbocycles. The molecule has 7 heteroatoms. The van der Waals surface area contributed by atoms with Crippen molar-refractivity contribution in [2.24, 2.45) is 0 Å². The Kier molecular flexibility index (Phi) is 5.36. The SMILES string of the molecule is COc1cc(C(=O)NC[C@@H]2COc3ccccc3O2)cc(OC)c1OC. The van der Waals surface area contributed by atoms with Gasteiger partial charge < -0.3 is 29.0 Å². The highest BCUT2D eigenvalue weighted by Crippen LogP contribution is 2.38. The summed E-state index contributed by atoms with van der Waals surface area (Å²) in [7, 11) is 4.52. The molecule has 1 amide bonds. The van der Waals surface area contributed by atoms with E-state index in [0.29, 0.717) is 47.5 Å². The van der Waals surface area contributed by atoms with Crippen molar-refractivity contribution in [3.05, 3.63) is 42.0 Å². The number of benzene rings is 2. The number of nitrogens with one attached hydrogen (secondary N) is 1. The van der Waals surface area contributed by atoms with Gasteiger partial charge in [0, 0.05) is 5.56 Å². The first-order valence-electron chi connectivity index (χ1n) is 8.13. The van der Waals surface area contributed by atoms with Crippen molar-refractivity contribution in [1.82, 2.24) is 5.32 Å². The van der Waals surface area contributed by atoms with E-state index in [1.807, 2.05) is 24.3 Å². The Labute approximate surface area is 151 Å². The number of para-hydroxylation sites is 2. The summed E-state index contributed by atoms with van der Waals surface area (Å²) in [5, 5.41) is 2.84. The monoisotopic (exact) mass is 359 g/mol. The summed E-state index contributed by atoms with van der Waals surface area (Å²) in [6, 6.07) is 10.6. The maximum absolute atomic E-state index is 12.5. The molecule has 3 rings (SSSR count). The molecule has 0 saturated carbocycles. The fourth-order valence-electron chi connectivity index (χ4n) is 2.68. The highest BCUT2D eigenvalue weighted by molar-refractivity contribution is 5.95. The van der Waals surface area contributed by atoms with Crippen LogP contribution in [0.5, 0.6) is 28.7 Å². The molecule has 0 unspecified atom stereocenters. The van der Waals surface area contributed by atoms with E-state index in [2.05, 4.69) is 5.32 Å². The average molecular weight is 359 g/mol. The number of rotatable bonds is 6. The van der Waals surface area contributed by atoms with Gasteiger partial charge in [0.05, 0.1) is 27.9 Å². The lowest BCUT2D eigenvalue weighted by atomic mass is 10.1. The van der Waals surface area contributed by atoms with Gasteiger partial charge in [-0.05, 0) is 24.3 Å². The molecule has 1 atom stereocenters. The first kappa shape index (κ1) is 17.7. The molecule has 0 bridgehead atoms. The Bertz CT molecular complexity index is 766. The summed E-state index contributed by atoms with van der Waals surface area (Å²) >= 11 is 0. The molecule has 1 aliphatic heterocycles. The lowest BCUT2D eigenvalue weighted by Crippen LogP contribution is -2.40. The fourth-order valence-corrected chi connectivity index (χ4v) is 2.68. The van der Waals surface area contributed by atoms with Crippen LogP contribution in [0, 0.1) is 0 Å². The number of hydrogen-bond acceptors (Lipinski definition) is 6. The zero-order valence-corrected chi connectivity index (χ0v) is 14.9. The van der Waals surface area contributed by atoms with Crippen LogP contribution in [0.15, 0.2) is 36.4 Å². The Morgan fingerprint density at radius 3 is 2.35 bits per heavy atom. The van der Waals surface area contributed by atoms with E-state index in [-0.39, 0.29) is 12.0 Å². The normalized spacial score (nSPS) is 15.1. The van der Waals surface area contributed by atoms with Crippen LogP contribution in [-0.2, 0) is 0 Å². The van der Waals surface area contributed by atoms with Gasteiger partial charge in [0.1, 0.15) is 12.7 Å². The van der Waals surface area contributed by atoms with Gasteiger partial charge in [-0.25, -0.2) is 0 Å². The summed E-state index contributed by atoms with van der Waals surface area (Å²) in [4.78, 5) is 12.5. The van der Waals surface area contributed by atoms with E-state index in [9.17, 15) is 4.79 Å². The minimum atomic E-state index is -0.272. The summed E-state index contributed by atoms with van der Waals surface area (Å²) < 4.78 is 27.3. The Hall–Kier alpha value is -3.09. The van der Waals surface area contributed by atoms with Crippen molar-refractivity contribution < 1.29 is 28.5 Å². The van der Waals surface area contributed by atoms with Crippen LogP contribution < -0.4 is 29.0 Å². The molecule has 26 heavy (non-hydrogen) atoms. The zero-order chi connectivity index (χ0) is 18.5. The second kappa shape index (κ2) is 7.86. The molecule has 1 N–H and O–H groups in total. The Morgan fingerprint density at radius 2 is 1.73 bits per heavy atom. The molecule has 7 nitrogen and oxygen atoms in total. The molecule has 0 spiro atoms. The van der Waals surface area contributed by atoms with Crippen molar-refractivity contribution in [2.45, 2.75) is 6.10 Å². The standard InChI is InChI=1S/C19H21NO6/c1-22-16-8-12(9-17(23-2)18(16)24-3)19(21)20-10-13-11-25-14-6-4-5-7-15(14)26-13/h4-9,13H,10-11H2,1-3H3,(H,20,21)/t13-/m1/s1. The van der Waals surface area contributed by atoms with E-state index in [1.165, 1.54) is 21.3 Å². The summed E-state index contributed by atoms with van der Waals surface area (Å²) in [6.45, 7) is 0.677. The minimum Gasteiger partial charge on any atom is -0.493 e. The number of methoxy groups -OCH3 is 3. The molecule has 0 aliphatic carbocycles. The summed E-state index contributed by atoms with van der Waals surface area (Å²) in [6.07, 6.45) is -0.268. The molecule has 0 fully saturated rings. The third-order valence-corrected chi connectivity index (χ3v) is 3.98. The van der Waals surface area contributed by atoms with E-state index in [4.69, 9.17) is 23.7 Å². The molecule has 1 aliphatic rings. The third kappa shape index (κ3) is 3.61. The van der Waals surface area contributed by atoms with Gasteiger partial charge in [0.25, 0.3) is 5.91 Å². The van der Waals surface area contributed by atoms with Gasteiger partial charge in [-0.2, -0.15) is 0 Å². The summed E-state index contributed by atoms with van der Waals surface area (Å²) in [5.74, 6) is 2.38. The van der Waals surface area contributed by atoms with Gasteiger partial charge in [-0.3, -0.25) is 4.79 Å². The second-order valence-electron chi connectivity index (χ2n) is 5.62. The van der Waals surface area contributed by atoms with Crippen LogP contribution in [0.2, 0.25) is 0 Å². The van der Waals surface area contributed by atoms with Crippen LogP contribution in [0.1, 0.15) is 10.4 Å². The van der Waals surface area contributed by atoms with Crippen LogP contribution in [0.3, 0.4) is 0 Å². The second-order valence-corrected chi connectivity index (χ2v) is 5.62. The number of hydrogen-bond donors (Lipinski definition) is 1. The molecule has 0 radical (unpaired) electrons. The highest BCUT2D eigenvalue weighted by atomic mass is 16.6. The van der Waals surface area contributed by atoms with Gasteiger partial charge in [0.15, 0.2) is 23.0 Å². The first-order valence-corrected chi connectivity index (χ1v) is 8.13. The van der Waals surface area contributed by atoms with Crippen LogP contribution >= 0.6 is 0 Å². The molecule has 0 aromatic heterocycles. The lowest BCUT2D eigenvalue weighted by Gasteiger charge is -2.26. The number of ether oxygens (including phenoxy) is 5. The van der Waals surface area contributed by atoms with E-state index in [1.54, 1.807) is 12.1 Å². The van der Waals surface area contributed by atoms with Crippen molar-refractivity contribution >= 4 is 5.91 Å². The minimum absolute atomic E-state index is 0.268. The van der Waals surface area contributed by atoms with E-state index < -0.39 is 0 Å². The predicted molar refractivity (Wildman–Crippen MR) is 94.8 cm³/mol. The average Bonchev–Trinajstić information content (AvgIpc) is 2.70. The van der Waals surface area contributed by atoms with Crippen molar-refractivity contribution in [3.8, 4) is 28.7 Å². The van der Waals surface area contributed by atoms with Gasteiger partial charge in [-0.1, -0.05) is 12.1 Å². The summed E-state index contributed by atoms with van der Waals surface area (Å²) in [5.41, 5.74) is 0.400. The zero-order valence-electron chi connectivity index (χ0n) is 14.9. The molecule has 0 saturated heterocycles. The maximum Gasteiger partial charge on any atom is 0.251 e. The predicted octanol–water partition coefficient (Wildman–Crippen LogP) is 2.28. The topological polar surface area (TPSA) is 75.3 Å². The van der Waals surface area contributed by atoms with Gasteiger partial charge in [0.2, 0.25) is 5.75 Å². The van der Waals surface area contributed by atoms with E-state index >= 15 is 0 Å². The quantitative estimate of drug-likeness (QED) is 0.853. The van der Waals surface area contributed by atoms with Crippen molar-refractivity contribution in [3.63, 3.8) is 0 Å². The van der Waals surface area contributed by atoms with Crippen molar-refractivity contribution in [1.29, 1.82) is 0 Å². The number of carbonyl (C=O) groups is 1. The lowest BCUT2D eigenvalue weighted by molar-refractivity contribution is 0.0789. The molecule has 2 aromatic rings. The Morgan fingerprint density at radius 1 is 1.08 bits per heavy atom. The molecule has 138 valence electrons. The smallest absolute Gasteiger partial charge is 0.251 e. The maximum atomic E-state index is 12.5. The first-order chi connectivity index (χ1) is 12.7. The fraction of sp³-hybridized carbons (Fsp3) is 0.316. The van der Waals surface area contributed by atoms with Crippen LogP contribution in [-0.4, -0.2) is 46.5 Å². The van der Waals surface area contributed by atoms with Crippen LogP contribution in [0.25, 0.3) is 0 Å². The van der Waals surface area contributed by atoms with Gasteiger partial charge >= 0.3 is 0 Å². The van der Waals surface area contributed by atoms with Gasteiger partial charge in [-0.15, -0.1) is 0 Å². The van der Waals surface area contributed by atoms with Crippen molar-refractivity contribution in [2.75, 3.05) is 34.5 Å². The van der Waals surface area contributed by atoms with Crippen LogP contribution in [0.4, 0.5) is 0 Å². The molecular formula is C19H21NO6. The number of fused-ring (bicyclic) bond motifs is 1. The largest absolute Gasteiger partial charge is 0.493 e. The Balaban J connectivity index is 1.67. The number of amides is 1. The molecule has 1 heterocycles.